The minimum Gasteiger partial charge on any atom is -0.507 e. The molecule has 1 unspecified atom stereocenters. The van der Waals surface area contributed by atoms with Crippen molar-refractivity contribution >= 4 is 23.1 Å². The van der Waals surface area contributed by atoms with E-state index in [0.717, 1.165) is 25.7 Å². The molecule has 8 heteroatoms. The van der Waals surface area contributed by atoms with Gasteiger partial charge in [0.2, 0.25) is 0 Å². The van der Waals surface area contributed by atoms with Crippen molar-refractivity contribution in [2.45, 2.75) is 37.8 Å². The lowest BCUT2D eigenvalue weighted by Gasteiger charge is -2.30. The number of aliphatic hydroxyl groups excluding tert-OH is 1. The molecule has 1 atom stereocenters. The molecule has 0 bridgehead atoms. The van der Waals surface area contributed by atoms with Crippen LogP contribution in [0.5, 0.6) is 5.75 Å². The second-order valence-corrected chi connectivity index (χ2v) is 7.73. The number of ether oxygens (including phenoxy) is 1. The van der Waals surface area contributed by atoms with Crippen LogP contribution in [0.4, 0.5) is 5.69 Å². The highest BCUT2D eigenvalue weighted by atomic mass is 16.6. The zero-order valence-electron chi connectivity index (χ0n) is 17.0. The number of hydrogen-bond donors (Lipinski definition) is 1. The minimum absolute atomic E-state index is 0.0532. The molecule has 8 nitrogen and oxygen atoms in total. The summed E-state index contributed by atoms with van der Waals surface area (Å²) in [6.45, 7) is 0. The van der Waals surface area contributed by atoms with Gasteiger partial charge in [-0.05, 0) is 30.5 Å². The van der Waals surface area contributed by atoms with Crippen molar-refractivity contribution in [3.8, 4) is 5.75 Å². The third-order valence-electron chi connectivity index (χ3n) is 5.96. The van der Waals surface area contributed by atoms with Crippen LogP contribution >= 0.6 is 0 Å². The van der Waals surface area contributed by atoms with Crippen molar-refractivity contribution in [3.63, 3.8) is 0 Å². The number of nitrogens with zero attached hydrogens (tertiary/aromatic N) is 2. The van der Waals surface area contributed by atoms with Crippen molar-refractivity contribution in [3.05, 3.63) is 75.3 Å². The molecule has 1 saturated heterocycles. The normalized spacial score (nSPS) is 20.9. The number of nitro groups is 1. The summed E-state index contributed by atoms with van der Waals surface area (Å²) in [7, 11) is 1.54. The Balaban J connectivity index is 1.87. The highest BCUT2D eigenvalue weighted by Gasteiger charge is 2.49. The molecule has 0 radical (unpaired) electrons. The summed E-state index contributed by atoms with van der Waals surface area (Å²) in [5.74, 6) is -1.22. The van der Waals surface area contributed by atoms with Gasteiger partial charge >= 0.3 is 0 Å². The fourth-order valence-electron chi connectivity index (χ4n) is 4.44. The van der Waals surface area contributed by atoms with Gasteiger partial charge in [-0.25, -0.2) is 0 Å². The van der Waals surface area contributed by atoms with Gasteiger partial charge < -0.3 is 14.7 Å². The Labute approximate surface area is 178 Å². The van der Waals surface area contributed by atoms with E-state index >= 15 is 0 Å². The summed E-state index contributed by atoms with van der Waals surface area (Å²) in [6.07, 6.45) is 3.51. The maximum Gasteiger partial charge on any atom is 0.295 e. The van der Waals surface area contributed by atoms with Crippen molar-refractivity contribution in [2.24, 2.45) is 0 Å². The number of amides is 1. The molecule has 160 valence electrons. The molecule has 2 aromatic carbocycles. The topological polar surface area (TPSA) is 110 Å². The van der Waals surface area contributed by atoms with Crippen molar-refractivity contribution in [1.29, 1.82) is 0 Å². The first-order valence-corrected chi connectivity index (χ1v) is 10.1. The van der Waals surface area contributed by atoms with E-state index in [1.54, 1.807) is 36.3 Å². The van der Waals surface area contributed by atoms with Crippen molar-refractivity contribution in [1.82, 2.24) is 4.90 Å². The molecule has 1 heterocycles. The average molecular weight is 422 g/mol. The molecule has 2 aliphatic rings. The number of ketones is 1. The minimum atomic E-state index is -0.781. The van der Waals surface area contributed by atoms with Gasteiger partial charge in [0, 0.05) is 23.7 Å². The summed E-state index contributed by atoms with van der Waals surface area (Å²) >= 11 is 0. The van der Waals surface area contributed by atoms with Gasteiger partial charge in [0.25, 0.3) is 17.4 Å². The van der Waals surface area contributed by atoms with Crippen LogP contribution in [0.3, 0.4) is 0 Å². The van der Waals surface area contributed by atoms with E-state index in [2.05, 4.69) is 0 Å². The van der Waals surface area contributed by atoms with E-state index in [4.69, 9.17) is 4.74 Å². The quantitative estimate of drug-likeness (QED) is 0.257. The van der Waals surface area contributed by atoms with Gasteiger partial charge in [0.1, 0.15) is 11.5 Å². The number of hydrogen-bond acceptors (Lipinski definition) is 6. The number of carbonyl (C=O) groups is 2. The SMILES string of the molecule is COc1ccc(C2/C(=C(/O)c3cccc([N+](=O)[O-])c3)C(=O)C(=O)N2C2CCCC2)cc1. The molecule has 1 aliphatic heterocycles. The first kappa shape index (κ1) is 20.6. The van der Waals surface area contributed by atoms with E-state index in [-0.39, 0.29) is 22.9 Å². The van der Waals surface area contributed by atoms with Crippen LogP contribution in [0.2, 0.25) is 0 Å². The zero-order valence-corrected chi connectivity index (χ0v) is 17.0. The smallest absolute Gasteiger partial charge is 0.295 e. The van der Waals surface area contributed by atoms with Gasteiger partial charge in [0.05, 0.1) is 23.6 Å². The maximum atomic E-state index is 13.0. The van der Waals surface area contributed by atoms with Gasteiger partial charge in [-0.1, -0.05) is 37.1 Å². The molecule has 2 fully saturated rings. The predicted molar refractivity (Wildman–Crippen MR) is 112 cm³/mol. The van der Waals surface area contributed by atoms with E-state index in [9.17, 15) is 24.8 Å². The standard InChI is InChI=1S/C23H22N2O6/c1-31-18-11-9-14(10-12-18)20-19(21(26)15-5-4-8-17(13-15)25(29)30)22(27)23(28)24(20)16-6-2-3-7-16/h4-5,8-13,16,20,26H,2-3,6-7H2,1H3/b21-19-. The fourth-order valence-corrected chi connectivity index (χ4v) is 4.44. The number of carbonyl (C=O) groups excluding carboxylic acids is 2. The Morgan fingerprint density at radius 2 is 1.81 bits per heavy atom. The average Bonchev–Trinajstić information content (AvgIpc) is 3.40. The Bertz CT molecular complexity index is 1070. The zero-order chi connectivity index (χ0) is 22.1. The molecule has 0 aromatic heterocycles. The van der Waals surface area contributed by atoms with Crippen LogP contribution < -0.4 is 4.74 Å². The number of methoxy groups -OCH3 is 1. The molecule has 4 rings (SSSR count). The molecule has 1 amide bonds. The Hall–Kier alpha value is -3.68. The third kappa shape index (κ3) is 3.65. The summed E-state index contributed by atoms with van der Waals surface area (Å²) < 4.78 is 5.21. The van der Waals surface area contributed by atoms with Gasteiger partial charge in [-0.15, -0.1) is 0 Å². The molecule has 2 aromatic rings. The van der Waals surface area contributed by atoms with Crippen LogP contribution in [-0.2, 0) is 9.59 Å². The monoisotopic (exact) mass is 422 g/mol. The van der Waals surface area contributed by atoms with Crippen molar-refractivity contribution < 1.29 is 24.4 Å². The lowest BCUT2D eigenvalue weighted by molar-refractivity contribution is -0.384. The second kappa shape index (κ2) is 8.22. The van der Waals surface area contributed by atoms with Crippen LogP contribution in [-0.4, -0.2) is 39.8 Å². The Kier molecular flexibility index (Phi) is 5.46. The van der Waals surface area contributed by atoms with Crippen LogP contribution in [0.1, 0.15) is 42.9 Å². The summed E-state index contributed by atoms with van der Waals surface area (Å²) in [4.78, 5) is 38.2. The van der Waals surface area contributed by atoms with E-state index in [0.29, 0.717) is 11.3 Å². The summed E-state index contributed by atoms with van der Waals surface area (Å²) in [6, 6.07) is 11.5. The largest absolute Gasteiger partial charge is 0.507 e. The summed E-state index contributed by atoms with van der Waals surface area (Å²) in [5, 5.41) is 22.2. The van der Waals surface area contributed by atoms with E-state index in [1.165, 1.54) is 24.3 Å². The van der Waals surface area contributed by atoms with Crippen LogP contribution in [0, 0.1) is 10.1 Å². The van der Waals surface area contributed by atoms with Gasteiger partial charge in [-0.3, -0.25) is 19.7 Å². The number of benzene rings is 2. The van der Waals surface area contributed by atoms with Crippen LogP contribution in [0.15, 0.2) is 54.1 Å². The molecule has 0 spiro atoms. The number of aliphatic hydroxyl groups is 1. The first-order chi connectivity index (χ1) is 14.9. The highest BCUT2D eigenvalue weighted by Crippen LogP contribution is 2.43. The number of rotatable bonds is 5. The Morgan fingerprint density at radius 3 is 2.42 bits per heavy atom. The van der Waals surface area contributed by atoms with Gasteiger partial charge in [-0.2, -0.15) is 0 Å². The number of non-ortho nitro benzene ring substituents is 1. The predicted octanol–water partition coefficient (Wildman–Crippen LogP) is 3.97. The highest BCUT2D eigenvalue weighted by molar-refractivity contribution is 6.46. The third-order valence-corrected chi connectivity index (χ3v) is 5.96. The van der Waals surface area contributed by atoms with Crippen LogP contribution in [0.25, 0.3) is 5.76 Å². The number of Topliss-reactive ketones (excluding diaryl/α,β-unsaturated/α-hetero) is 1. The second-order valence-electron chi connectivity index (χ2n) is 7.73. The molecular weight excluding hydrogens is 400 g/mol. The van der Waals surface area contributed by atoms with E-state index < -0.39 is 28.4 Å². The number of likely N-dealkylation sites (tertiary alicyclic amines) is 1. The number of nitro benzene ring substituents is 1. The molecular formula is C23H22N2O6. The lowest BCUT2D eigenvalue weighted by atomic mass is 9.94. The van der Waals surface area contributed by atoms with Gasteiger partial charge in [0.15, 0.2) is 0 Å². The molecule has 1 saturated carbocycles. The molecule has 1 aliphatic carbocycles. The Morgan fingerprint density at radius 1 is 1.13 bits per heavy atom. The fraction of sp³-hybridized carbons (Fsp3) is 0.304. The summed E-state index contributed by atoms with van der Waals surface area (Å²) in [5.41, 5.74) is 0.522. The van der Waals surface area contributed by atoms with Crippen molar-refractivity contribution in [2.75, 3.05) is 7.11 Å². The maximum absolute atomic E-state index is 13.0. The van der Waals surface area contributed by atoms with E-state index in [1.807, 2.05) is 0 Å². The molecule has 31 heavy (non-hydrogen) atoms. The molecule has 1 N–H and O–H groups in total. The first-order valence-electron chi connectivity index (χ1n) is 10.1. The lowest BCUT2D eigenvalue weighted by Crippen LogP contribution is -2.37.